The average molecular weight is 187 g/mol. The van der Waals surface area contributed by atoms with Crippen LogP contribution in [-0.2, 0) is 6.54 Å². The lowest BCUT2D eigenvalue weighted by molar-refractivity contribution is 0.607. The highest BCUT2D eigenvalue weighted by Crippen LogP contribution is 2.27. The normalized spacial score (nSPS) is 12.4. The van der Waals surface area contributed by atoms with Gasteiger partial charge in [-0.25, -0.2) is 0 Å². The molecule has 1 aromatic carbocycles. The number of furan rings is 1. The van der Waals surface area contributed by atoms with Crippen molar-refractivity contribution in [2.45, 2.75) is 20.4 Å². The van der Waals surface area contributed by atoms with Gasteiger partial charge in [0, 0.05) is 10.9 Å². The van der Waals surface area contributed by atoms with Gasteiger partial charge in [-0.1, -0.05) is 32.0 Å². The van der Waals surface area contributed by atoms with Gasteiger partial charge < -0.3 is 4.42 Å². The van der Waals surface area contributed by atoms with Gasteiger partial charge in [0.1, 0.15) is 5.58 Å². The predicted molar refractivity (Wildman–Crippen MR) is 58.9 cm³/mol. The number of nitrogens with zero attached hydrogens (tertiary/aromatic N) is 1. The molecule has 2 nitrogen and oxygen atoms in total. The lowest BCUT2D eigenvalue weighted by atomic mass is 10.1. The first-order valence-corrected chi connectivity index (χ1v) is 4.95. The molecule has 0 fully saturated rings. The molecule has 0 spiro atoms. The summed E-state index contributed by atoms with van der Waals surface area (Å²) in [6.45, 7) is 4.77. The third kappa shape index (κ3) is 1.23. The lowest BCUT2D eigenvalue weighted by Gasteiger charge is -1.87. The summed E-state index contributed by atoms with van der Waals surface area (Å²) in [5, 5.41) is 1.20. The van der Waals surface area contributed by atoms with E-state index in [0.717, 1.165) is 17.9 Å². The zero-order valence-electron chi connectivity index (χ0n) is 8.45. The first-order valence-electron chi connectivity index (χ1n) is 4.95. The molecule has 0 amide bonds. The number of fused-ring (bicyclic) bond motifs is 3. The quantitative estimate of drug-likeness (QED) is 0.620. The second-order valence-electron chi connectivity index (χ2n) is 2.91. The van der Waals surface area contributed by atoms with Crippen LogP contribution in [0.5, 0.6) is 0 Å². The topological polar surface area (TPSA) is 25.5 Å². The summed E-state index contributed by atoms with van der Waals surface area (Å²) < 4.78 is 5.56. The van der Waals surface area contributed by atoms with Gasteiger partial charge in [-0.3, -0.25) is 4.99 Å². The number of hydrogen-bond acceptors (Lipinski definition) is 2. The number of hydrogen-bond donors (Lipinski definition) is 0. The van der Waals surface area contributed by atoms with Crippen LogP contribution in [0.4, 0.5) is 0 Å². The van der Waals surface area contributed by atoms with Gasteiger partial charge in [0.15, 0.2) is 5.76 Å². The van der Waals surface area contributed by atoms with Crippen molar-refractivity contribution in [3.05, 3.63) is 35.6 Å². The van der Waals surface area contributed by atoms with E-state index in [1.54, 1.807) is 6.21 Å². The Hall–Kier alpha value is -1.57. The van der Waals surface area contributed by atoms with Crippen molar-refractivity contribution in [2.75, 3.05) is 0 Å². The van der Waals surface area contributed by atoms with Crippen molar-refractivity contribution in [2.24, 2.45) is 4.99 Å². The zero-order valence-corrected chi connectivity index (χ0v) is 8.45. The number of benzene rings is 1. The smallest absolute Gasteiger partial charge is 0.151 e. The van der Waals surface area contributed by atoms with Crippen LogP contribution in [0.25, 0.3) is 11.0 Å². The third-order valence-corrected chi connectivity index (χ3v) is 2.19. The highest BCUT2D eigenvalue weighted by molar-refractivity contribution is 5.93. The van der Waals surface area contributed by atoms with Gasteiger partial charge in [-0.2, -0.15) is 0 Å². The predicted octanol–water partition coefficient (Wildman–Crippen LogP) is 3.39. The maximum absolute atomic E-state index is 5.56. The standard InChI is InChI=1S/C10H7NO.C2H6/c1-2-4-9-7(3-1)8-5-11-6-10(8)12-9;1-2/h1-4,6H,5H2;1-2H3. The third-order valence-electron chi connectivity index (χ3n) is 2.19. The fourth-order valence-electron chi connectivity index (χ4n) is 1.60. The van der Waals surface area contributed by atoms with Crippen LogP contribution in [0.1, 0.15) is 25.2 Å². The van der Waals surface area contributed by atoms with E-state index < -0.39 is 0 Å². The first kappa shape index (κ1) is 9.00. The van der Waals surface area contributed by atoms with Crippen LogP contribution in [0.15, 0.2) is 33.7 Å². The Balaban J connectivity index is 0.000000354. The van der Waals surface area contributed by atoms with Crippen LogP contribution < -0.4 is 0 Å². The van der Waals surface area contributed by atoms with Gasteiger partial charge in [0.05, 0.1) is 12.8 Å². The molecule has 0 saturated carbocycles. The highest BCUT2D eigenvalue weighted by Gasteiger charge is 2.14. The van der Waals surface area contributed by atoms with Crippen LogP contribution in [0, 0.1) is 0 Å². The molecule has 0 bridgehead atoms. The van der Waals surface area contributed by atoms with E-state index in [0.29, 0.717) is 0 Å². The molecule has 3 rings (SSSR count). The fourth-order valence-corrected chi connectivity index (χ4v) is 1.60. The van der Waals surface area contributed by atoms with Gasteiger partial charge >= 0.3 is 0 Å². The Labute approximate surface area is 83.3 Å². The molecule has 72 valence electrons. The molecule has 1 aliphatic heterocycles. The highest BCUT2D eigenvalue weighted by atomic mass is 16.3. The Bertz CT molecular complexity index is 468. The van der Waals surface area contributed by atoms with E-state index in [1.165, 1.54) is 10.9 Å². The van der Waals surface area contributed by atoms with E-state index in [2.05, 4.69) is 11.1 Å². The van der Waals surface area contributed by atoms with Gasteiger partial charge in [-0.15, -0.1) is 0 Å². The minimum absolute atomic E-state index is 0.770. The Morgan fingerprint density at radius 3 is 2.86 bits per heavy atom. The molecule has 0 radical (unpaired) electrons. The van der Waals surface area contributed by atoms with Crippen molar-refractivity contribution in [1.29, 1.82) is 0 Å². The molecule has 0 N–H and O–H groups in total. The average Bonchev–Trinajstić information content (AvgIpc) is 2.80. The SMILES string of the molecule is C1=NCc2c1oc1ccccc21.CC. The second kappa shape index (κ2) is 3.66. The first-order chi connectivity index (χ1) is 6.95. The summed E-state index contributed by atoms with van der Waals surface area (Å²) in [6, 6.07) is 8.07. The number of para-hydroxylation sites is 1. The molecule has 0 unspecified atom stereocenters. The summed E-state index contributed by atoms with van der Waals surface area (Å²) >= 11 is 0. The van der Waals surface area contributed by atoms with Crippen LogP contribution in [0.3, 0.4) is 0 Å². The Morgan fingerprint density at radius 1 is 1.21 bits per heavy atom. The fraction of sp³-hybridized carbons (Fsp3) is 0.250. The molecular formula is C12H13NO. The second-order valence-corrected chi connectivity index (χ2v) is 2.91. The number of rotatable bonds is 0. The molecule has 2 heteroatoms. The summed E-state index contributed by atoms with van der Waals surface area (Å²) in [6.07, 6.45) is 1.80. The largest absolute Gasteiger partial charge is 0.455 e. The van der Waals surface area contributed by atoms with E-state index >= 15 is 0 Å². The summed E-state index contributed by atoms with van der Waals surface area (Å²) in [5.41, 5.74) is 2.19. The van der Waals surface area contributed by atoms with Gasteiger partial charge in [-0.05, 0) is 6.07 Å². The van der Waals surface area contributed by atoms with Crippen molar-refractivity contribution in [3.8, 4) is 0 Å². The maximum atomic E-state index is 5.56. The molecule has 0 aliphatic carbocycles. The summed E-state index contributed by atoms with van der Waals surface area (Å²) in [4.78, 5) is 4.14. The zero-order chi connectivity index (χ0) is 9.97. The minimum atomic E-state index is 0.770. The molecular weight excluding hydrogens is 174 g/mol. The molecule has 0 saturated heterocycles. The van der Waals surface area contributed by atoms with Crippen LogP contribution in [0.2, 0.25) is 0 Å². The molecule has 2 aromatic rings. The molecule has 1 aliphatic rings. The van der Waals surface area contributed by atoms with Crippen LogP contribution >= 0.6 is 0 Å². The molecule has 1 aromatic heterocycles. The van der Waals surface area contributed by atoms with Crippen molar-refractivity contribution in [3.63, 3.8) is 0 Å². The summed E-state index contributed by atoms with van der Waals surface area (Å²) in [5.74, 6) is 0.927. The van der Waals surface area contributed by atoms with Gasteiger partial charge in [0.25, 0.3) is 0 Å². The van der Waals surface area contributed by atoms with Crippen molar-refractivity contribution in [1.82, 2.24) is 0 Å². The molecule has 14 heavy (non-hydrogen) atoms. The van der Waals surface area contributed by atoms with Crippen molar-refractivity contribution < 1.29 is 4.42 Å². The monoisotopic (exact) mass is 187 g/mol. The number of aliphatic imine (C=N–C) groups is 1. The van der Waals surface area contributed by atoms with E-state index in [1.807, 2.05) is 32.0 Å². The molecule has 2 heterocycles. The van der Waals surface area contributed by atoms with E-state index in [-0.39, 0.29) is 0 Å². The Morgan fingerprint density at radius 2 is 2.00 bits per heavy atom. The van der Waals surface area contributed by atoms with Crippen molar-refractivity contribution >= 4 is 17.2 Å². The van der Waals surface area contributed by atoms with E-state index in [4.69, 9.17) is 4.42 Å². The molecule has 0 atom stereocenters. The summed E-state index contributed by atoms with van der Waals surface area (Å²) in [7, 11) is 0. The van der Waals surface area contributed by atoms with E-state index in [9.17, 15) is 0 Å². The Kier molecular flexibility index (Phi) is 2.35. The maximum Gasteiger partial charge on any atom is 0.151 e. The van der Waals surface area contributed by atoms with Crippen LogP contribution in [-0.4, -0.2) is 6.21 Å². The lowest BCUT2D eigenvalue weighted by Crippen LogP contribution is -1.74. The minimum Gasteiger partial charge on any atom is -0.455 e. The van der Waals surface area contributed by atoms with Gasteiger partial charge in [0.2, 0.25) is 0 Å².